The zero-order chi connectivity index (χ0) is 80.2. The first kappa shape index (κ1) is 106. The zero-order valence-corrected chi connectivity index (χ0v) is 87.9. The van der Waals surface area contributed by atoms with Crippen LogP contribution in [0, 0.1) is 0 Å². The van der Waals surface area contributed by atoms with Crippen molar-refractivity contribution in [2.75, 3.05) is 143 Å². The van der Waals surface area contributed by atoms with Gasteiger partial charge in [0.15, 0.2) is 5.79 Å². The minimum absolute atomic E-state index is 0.0608. The predicted octanol–water partition coefficient (Wildman–Crippen LogP) is 29.9. The Morgan fingerprint density at radius 3 is 0.857 bits per heavy atom. The SMILES string of the molecule is CCO[C@H]1[C@H](OCC)[C@H](C)P(C)[C@H]1C.CP1CCC1(C)C.CP1CCCC1(C)C.CP1CCCCC1(C)C.C[C@H]1CCCCP1C.C[C@H]1CCCP1C.C[C@H]1CCC[C@H](C)P1C.C[C@H]1CCP1C.C[C@H]1CC[C@H](C)P1C.C[C@H]1COC[C@H](C)P1C.C[C@H]1C[C@H](C)P1C.C[C@H]1[C@H]2OC(C)(C)O[C@@H]2[C@H](C)P1C. The van der Waals surface area contributed by atoms with Crippen LogP contribution in [-0.2, 0) is 23.7 Å². The van der Waals surface area contributed by atoms with Gasteiger partial charge in [0.2, 0.25) is 0 Å². The summed E-state index contributed by atoms with van der Waals surface area (Å²) in [5, 5.41) is 2.16. The molecule has 0 aromatic carbocycles. The summed E-state index contributed by atoms with van der Waals surface area (Å²) in [6.45, 7) is 90.5. The van der Waals surface area contributed by atoms with Crippen molar-refractivity contribution in [1.82, 2.24) is 0 Å². The molecular formula is C88H186O5P12. The number of fused-ring (bicyclic) bond motifs is 1. The fourth-order valence-electron chi connectivity index (χ4n) is 16.1. The zero-order valence-electron chi connectivity index (χ0n) is 77.2. The van der Waals surface area contributed by atoms with Crippen LogP contribution in [0.15, 0.2) is 0 Å². The summed E-state index contributed by atoms with van der Waals surface area (Å²) in [7, 11) is 4.31. The smallest absolute Gasteiger partial charge is 0.163 e. The van der Waals surface area contributed by atoms with Crippen LogP contribution in [0.4, 0.5) is 0 Å². The second-order valence-electron chi connectivity index (χ2n) is 37.9. The third-order valence-electron chi connectivity index (χ3n) is 28.5. The molecule has 0 bridgehead atoms. The fourth-order valence-corrected chi connectivity index (χ4v) is 37.8. The van der Waals surface area contributed by atoms with E-state index in [0.29, 0.717) is 124 Å². The summed E-state index contributed by atoms with van der Waals surface area (Å²) in [6.07, 6.45) is 37.3. The highest BCUT2D eigenvalue weighted by atomic mass is 31.1. The third kappa shape index (κ3) is 37.2. The molecule has 5 nitrogen and oxygen atoms in total. The van der Waals surface area contributed by atoms with Gasteiger partial charge in [-0.1, -0.05) is 188 Å². The average Bonchev–Trinajstić information content (AvgIpc) is 1.62. The first-order valence-electron chi connectivity index (χ1n) is 43.4. The lowest BCUT2D eigenvalue weighted by molar-refractivity contribution is -0.147. The molecule has 0 radical (unpaired) electrons. The van der Waals surface area contributed by atoms with Crippen molar-refractivity contribution < 1.29 is 23.7 Å². The Labute approximate surface area is 676 Å². The van der Waals surface area contributed by atoms with Gasteiger partial charge in [-0.15, -0.1) is 71.3 Å². The topological polar surface area (TPSA) is 46.2 Å². The highest BCUT2D eigenvalue weighted by Gasteiger charge is 2.54. The summed E-state index contributed by atoms with van der Waals surface area (Å²) in [4.78, 5) is 0. The lowest BCUT2D eigenvalue weighted by Gasteiger charge is -2.42. The lowest BCUT2D eigenvalue weighted by atomic mass is 10.1. The first-order chi connectivity index (χ1) is 48.7. The Kier molecular flexibility index (Phi) is 53.4. The number of ether oxygens (including phenoxy) is 5. The maximum Gasteiger partial charge on any atom is 0.163 e. The summed E-state index contributed by atoms with van der Waals surface area (Å²) in [5.74, 6) is -0.353. The molecule has 13 fully saturated rings. The largest absolute Gasteiger partial charge is 0.380 e. The molecule has 13 heterocycles. The van der Waals surface area contributed by atoms with Crippen LogP contribution in [0.2, 0.25) is 0 Å². The molecule has 0 aromatic heterocycles. The molecule has 0 amide bonds. The summed E-state index contributed by atoms with van der Waals surface area (Å²) < 4.78 is 28.8. The molecule has 628 valence electrons. The van der Waals surface area contributed by atoms with Gasteiger partial charge in [-0.25, -0.2) is 0 Å². The Bertz CT molecular complexity index is 2100. The first-order valence-corrected chi connectivity index (χ1v) is 67.1. The normalized spacial score (nSPS) is 41.6. The van der Waals surface area contributed by atoms with Crippen LogP contribution in [0.5, 0.6) is 0 Å². The third-order valence-corrected chi connectivity index (χ3v) is 65.8. The quantitative estimate of drug-likeness (QED) is 0.263. The van der Waals surface area contributed by atoms with E-state index < -0.39 is 0 Å². The van der Waals surface area contributed by atoms with Crippen molar-refractivity contribution >= 4 is 95.1 Å². The molecule has 0 aromatic rings. The van der Waals surface area contributed by atoms with Gasteiger partial charge in [-0.3, -0.25) is 0 Å². The van der Waals surface area contributed by atoms with Gasteiger partial charge in [-0.2, -0.15) is 0 Å². The summed E-state index contributed by atoms with van der Waals surface area (Å²) >= 11 is 0. The number of hydrogen-bond donors (Lipinski definition) is 0. The molecule has 13 aliphatic rings. The van der Waals surface area contributed by atoms with Crippen molar-refractivity contribution in [2.24, 2.45) is 0 Å². The van der Waals surface area contributed by atoms with E-state index in [9.17, 15) is 0 Å². The second kappa shape index (κ2) is 52.9. The Hall–Kier alpha value is 4.96. The lowest BCUT2D eigenvalue weighted by Crippen LogP contribution is -2.36. The van der Waals surface area contributed by atoms with Crippen LogP contribution < -0.4 is 0 Å². The van der Waals surface area contributed by atoms with Crippen molar-refractivity contribution in [1.29, 1.82) is 0 Å². The molecule has 25 atom stereocenters. The Morgan fingerprint density at radius 1 is 0.295 bits per heavy atom. The maximum absolute atomic E-state index is 5.92. The van der Waals surface area contributed by atoms with E-state index in [2.05, 4.69) is 239 Å². The molecule has 0 N–H and O–H groups in total. The molecule has 13 aliphatic heterocycles. The standard InChI is InChI=1S/C11H23O2P.C10H19O2P.2C8H17P.C7H15OP.3C7H15P.3C6H13P.C5H11P/c1-6-12-10-8(3)14(5)9(4)11(10)13-7-2;1-6-8-9(7(2)13(6)5)12-10(3,4)11-8;1-8(2)6-4-5-7-9(8)3;1-7-5-4-6-8(2)9(7)3;1-6-4-8-5-7(2)9(6)3;1-7(2)5-4-6-8(7)3;1-6-4-5-7(2)8(6)3;1-7-5-3-4-6-8(7)2;1-6(2)4-5-7(6)3;1-5-4-6(2)7(5)3;1-6-4-3-5-7(6)2;1-5-3-4-6(5)2/h8-11H,6-7H2,1-5H3;6-9H,1-5H3;4-7H2,1-3H3;7-8H,4-6H2,1-3H3;6-7H,4-5H2,1-3H3;4-6H2,1-3H3;6-7H,4-5H2,1-3H3;7H,3-6H2,1-2H3;4-5H2,1-3H3;5-6H,4H2,1-3H3;6H,3-5H2,1-2H3;5H,3-4H2,1-2H3/t8-,9-,10+,11+;6-,7-,8+,9+;;7-,8-;6-,7-;;6-,7-;7-,8?;;5-,6-;6-,7?;5-,6?/m00.00.00.000/s1. The van der Waals surface area contributed by atoms with Crippen molar-refractivity contribution in [3.8, 4) is 0 Å². The van der Waals surface area contributed by atoms with E-state index in [1.807, 2.05) is 13.8 Å². The summed E-state index contributed by atoms with van der Waals surface area (Å²) in [6, 6.07) is 0. The fraction of sp³-hybridized carbons (Fsp3) is 1.00. The number of hydrogen-bond acceptors (Lipinski definition) is 5. The van der Waals surface area contributed by atoms with E-state index in [1.54, 1.807) is 0 Å². The highest BCUT2D eigenvalue weighted by Crippen LogP contribution is 2.61. The molecular weight excluding hydrogens is 1510 g/mol. The van der Waals surface area contributed by atoms with Crippen LogP contribution in [0.3, 0.4) is 0 Å². The predicted molar refractivity (Wildman–Crippen MR) is 516 cm³/mol. The van der Waals surface area contributed by atoms with E-state index in [4.69, 9.17) is 23.7 Å². The van der Waals surface area contributed by atoms with Crippen molar-refractivity contribution in [2.45, 2.75) is 419 Å². The van der Waals surface area contributed by atoms with Gasteiger partial charge in [0.05, 0.1) is 37.6 Å². The Morgan fingerprint density at radius 2 is 0.629 bits per heavy atom. The number of rotatable bonds is 4. The van der Waals surface area contributed by atoms with Crippen LogP contribution in [-0.4, -0.2) is 274 Å². The van der Waals surface area contributed by atoms with Gasteiger partial charge >= 0.3 is 0 Å². The molecule has 0 saturated carbocycles. The van der Waals surface area contributed by atoms with Crippen LogP contribution in [0.1, 0.15) is 289 Å². The minimum Gasteiger partial charge on any atom is -0.380 e. The van der Waals surface area contributed by atoms with E-state index >= 15 is 0 Å². The molecule has 105 heavy (non-hydrogen) atoms. The van der Waals surface area contributed by atoms with Gasteiger partial charge in [0.25, 0.3) is 0 Å². The monoisotopic (exact) mass is 1700 g/mol. The van der Waals surface area contributed by atoms with E-state index in [1.165, 1.54) is 153 Å². The molecule has 13 saturated heterocycles. The molecule has 13 rings (SSSR count). The maximum atomic E-state index is 5.92. The second-order valence-corrected chi connectivity index (χ2v) is 73.8. The average molecular weight is 1700 g/mol. The summed E-state index contributed by atoms with van der Waals surface area (Å²) in [5.41, 5.74) is 14.0. The van der Waals surface area contributed by atoms with Gasteiger partial charge in [0.1, 0.15) is 0 Å². The van der Waals surface area contributed by atoms with E-state index in [-0.39, 0.29) is 29.6 Å². The van der Waals surface area contributed by atoms with Crippen molar-refractivity contribution in [3.63, 3.8) is 0 Å². The van der Waals surface area contributed by atoms with Gasteiger partial charge in [0, 0.05) is 35.8 Å². The highest BCUT2D eigenvalue weighted by molar-refractivity contribution is 7.62. The molecule has 6 unspecified atom stereocenters. The van der Waals surface area contributed by atoms with Gasteiger partial charge < -0.3 is 23.7 Å². The Balaban J connectivity index is 0.000000392. The van der Waals surface area contributed by atoms with Crippen LogP contribution >= 0.6 is 95.1 Å². The van der Waals surface area contributed by atoms with Gasteiger partial charge in [-0.05, 0) is 319 Å². The minimum atomic E-state index is -0.353. The van der Waals surface area contributed by atoms with Crippen LogP contribution in [0.25, 0.3) is 0 Å². The molecule has 17 heteroatoms. The molecule has 0 aliphatic carbocycles. The molecule has 0 spiro atoms. The van der Waals surface area contributed by atoms with E-state index in [0.717, 1.165) is 99.0 Å². The van der Waals surface area contributed by atoms with Crippen molar-refractivity contribution in [3.05, 3.63) is 0 Å².